The lowest BCUT2D eigenvalue weighted by molar-refractivity contribution is 0.0740. The van der Waals surface area contributed by atoms with E-state index in [1.54, 1.807) is 35.4 Å². The first-order valence-electron chi connectivity index (χ1n) is 7.89. The lowest BCUT2D eigenvalue weighted by Gasteiger charge is -2.24. The van der Waals surface area contributed by atoms with Gasteiger partial charge in [-0.1, -0.05) is 12.1 Å². The molecular formula is C18H19FN4OS. The number of benzene rings is 1. The molecule has 25 heavy (non-hydrogen) atoms. The van der Waals surface area contributed by atoms with Crippen LogP contribution in [0.2, 0.25) is 0 Å². The molecule has 1 aromatic carbocycles. The van der Waals surface area contributed by atoms with Gasteiger partial charge in [-0.05, 0) is 32.9 Å². The van der Waals surface area contributed by atoms with Crippen molar-refractivity contribution in [1.82, 2.24) is 20.1 Å². The van der Waals surface area contributed by atoms with Crippen molar-refractivity contribution in [2.24, 2.45) is 0 Å². The van der Waals surface area contributed by atoms with Gasteiger partial charge < -0.3 is 4.90 Å². The van der Waals surface area contributed by atoms with E-state index < -0.39 is 0 Å². The lowest BCUT2D eigenvalue weighted by atomic mass is 10.1. The number of carbonyl (C=O) groups excluding carboxylic acids is 1. The number of carbonyl (C=O) groups is 1. The van der Waals surface area contributed by atoms with E-state index >= 15 is 0 Å². The summed E-state index contributed by atoms with van der Waals surface area (Å²) in [4.78, 5) is 20.2. The Kier molecular flexibility index (Phi) is 4.67. The minimum atomic E-state index is -0.360. The average molecular weight is 358 g/mol. The number of nitrogens with one attached hydrogen (secondary N) is 1. The third-order valence-corrected chi connectivity index (χ3v) is 5.12. The van der Waals surface area contributed by atoms with Gasteiger partial charge in [0.25, 0.3) is 5.91 Å². The molecular weight excluding hydrogens is 339 g/mol. The topological polar surface area (TPSA) is 61.9 Å². The van der Waals surface area contributed by atoms with Crippen molar-refractivity contribution < 1.29 is 9.18 Å². The highest BCUT2D eigenvalue weighted by atomic mass is 32.1. The summed E-state index contributed by atoms with van der Waals surface area (Å²) in [5.74, 6) is -0.550. The summed E-state index contributed by atoms with van der Waals surface area (Å²) in [5, 5.41) is 7.75. The fourth-order valence-corrected chi connectivity index (χ4v) is 3.70. The van der Waals surface area contributed by atoms with Gasteiger partial charge in [0.1, 0.15) is 5.82 Å². The maximum atomic E-state index is 13.5. The molecule has 0 radical (unpaired) electrons. The summed E-state index contributed by atoms with van der Waals surface area (Å²) in [6, 6.07) is 5.91. The van der Waals surface area contributed by atoms with E-state index in [-0.39, 0.29) is 17.8 Å². The highest BCUT2D eigenvalue weighted by molar-refractivity contribution is 7.11. The number of halogens is 1. The Hall–Kier alpha value is -2.54. The fourth-order valence-electron chi connectivity index (χ4n) is 2.79. The number of rotatable bonds is 4. The summed E-state index contributed by atoms with van der Waals surface area (Å²) in [7, 11) is 1.74. The molecule has 0 aliphatic carbocycles. The Morgan fingerprint density at radius 2 is 2.12 bits per heavy atom. The first-order chi connectivity index (χ1) is 11.9. The Balaban J connectivity index is 1.91. The van der Waals surface area contributed by atoms with E-state index in [2.05, 4.69) is 15.2 Å². The second-order valence-corrected chi connectivity index (χ2v) is 7.34. The molecule has 1 N–H and O–H groups in total. The number of hydrogen-bond acceptors (Lipinski definition) is 4. The van der Waals surface area contributed by atoms with E-state index in [1.165, 1.54) is 18.3 Å². The molecule has 0 bridgehead atoms. The maximum absolute atomic E-state index is 13.5. The number of nitrogens with zero attached hydrogens (tertiary/aromatic N) is 3. The Morgan fingerprint density at radius 3 is 2.76 bits per heavy atom. The van der Waals surface area contributed by atoms with Crippen LogP contribution in [-0.4, -0.2) is 33.0 Å². The largest absolute Gasteiger partial charge is 0.333 e. The summed E-state index contributed by atoms with van der Waals surface area (Å²) in [6.45, 7) is 5.90. The first kappa shape index (κ1) is 17.3. The zero-order valence-corrected chi connectivity index (χ0v) is 15.3. The van der Waals surface area contributed by atoms with Crippen LogP contribution in [0.5, 0.6) is 0 Å². The van der Waals surface area contributed by atoms with Crippen molar-refractivity contribution in [3.8, 4) is 11.3 Å². The van der Waals surface area contributed by atoms with Gasteiger partial charge in [-0.15, -0.1) is 11.3 Å². The van der Waals surface area contributed by atoms with Crippen molar-refractivity contribution in [2.75, 3.05) is 7.05 Å². The summed E-state index contributed by atoms with van der Waals surface area (Å²) < 4.78 is 13.5. The van der Waals surface area contributed by atoms with E-state index in [9.17, 15) is 9.18 Å². The molecule has 0 saturated heterocycles. The second-order valence-electron chi connectivity index (χ2n) is 5.94. The van der Waals surface area contributed by atoms with Gasteiger partial charge in [0.15, 0.2) is 0 Å². The minimum Gasteiger partial charge on any atom is -0.333 e. The van der Waals surface area contributed by atoms with Gasteiger partial charge in [-0.25, -0.2) is 9.37 Å². The van der Waals surface area contributed by atoms with Gasteiger partial charge in [-0.3, -0.25) is 9.89 Å². The predicted octanol–water partition coefficient (Wildman–Crippen LogP) is 4.12. The standard InChI is InChI=1S/C18H19FN4OS/c1-10(16-11(2)25-12(3)21-16)23(4)18(24)15-9-20-22-17(15)13-6-5-7-14(19)8-13/h5-10H,1-4H3,(H,20,22)/t10-/m0/s1. The molecule has 0 unspecified atom stereocenters. The van der Waals surface area contributed by atoms with Crippen LogP contribution in [0, 0.1) is 19.7 Å². The number of hydrogen-bond donors (Lipinski definition) is 1. The van der Waals surface area contributed by atoms with Gasteiger partial charge in [0, 0.05) is 17.5 Å². The predicted molar refractivity (Wildman–Crippen MR) is 96.1 cm³/mol. The van der Waals surface area contributed by atoms with Gasteiger partial charge in [-0.2, -0.15) is 5.10 Å². The first-order valence-corrected chi connectivity index (χ1v) is 8.70. The molecule has 0 saturated carbocycles. The van der Waals surface area contributed by atoms with Crippen molar-refractivity contribution in [1.29, 1.82) is 0 Å². The number of H-pyrrole nitrogens is 1. The van der Waals surface area contributed by atoms with E-state index in [4.69, 9.17) is 0 Å². The van der Waals surface area contributed by atoms with E-state index in [0.29, 0.717) is 16.8 Å². The monoisotopic (exact) mass is 358 g/mol. The normalized spacial score (nSPS) is 12.2. The Labute approximate surface area is 149 Å². The number of aryl methyl sites for hydroxylation is 2. The van der Waals surface area contributed by atoms with E-state index in [0.717, 1.165) is 15.6 Å². The molecule has 1 atom stereocenters. The molecule has 0 spiro atoms. The van der Waals surface area contributed by atoms with Crippen LogP contribution in [0.25, 0.3) is 11.3 Å². The summed E-state index contributed by atoms with van der Waals surface area (Å²) in [6.07, 6.45) is 1.48. The molecule has 3 rings (SSSR count). The third-order valence-electron chi connectivity index (χ3n) is 4.22. The summed E-state index contributed by atoms with van der Waals surface area (Å²) in [5.41, 5.74) is 2.40. The molecule has 130 valence electrons. The molecule has 7 heteroatoms. The van der Waals surface area contributed by atoms with Crippen LogP contribution < -0.4 is 0 Å². The number of aromatic amines is 1. The Morgan fingerprint density at radius 1 is 1.36 bits per heavy atom. The van der Waals surface area contributed by atoms with Crippen LogP contribution >= 0.6 is 11.3 Å². The average Bonchev–Trinajstić information content (AvgIpc) is 3.19. The number of aromatic nitrogens is 3. The molecule has 2 aromatic heterocycles. The Bertz CT molecular complexity index is 917. The summed E-state index contributed by atoms with van der Waals surface area (Å²) >= 11 is 1.62. The highest BCUT2D eigenvalue weighted by Crippen LogP contribution is 2.29. The van der Waals surface area contributed by atoms with E-state index in [1.807, 2.05) is 20.8 Å². The van der Waals surface area contributed by atoms with Gasteiger partial charge in [0.05, 0.1) is 34.2 Å². The molecule has 0 aliphatic rings. The van der Waals surface area contributed by atoms with Crippen LogP contribution in [0.3, 0.4) is 0 Å². The van der Waals surface area contributed by atoms with Crippen molar-refractivity contribution in [3.05, 3.63) is 57.4 Å². The van der Waals surface area contributed by atoms with Crippen LogP contribution in [0.1, 0.15) is 38.9 Å². The van der Waals surface area contributed by atoms with Crippen molar-refractivity contribution in [3.63, 3.8) is 0 Å². The van der Waals surface area contributed by atoms with Crippen LogP contribution in [0.4, 0.5) is 4.39 Å². The second kappa shape index (κ2) is 6.76. The highest BCUT2D eigenvalue weighted by Gasteiger charge is 2.25. The fraction of sp³-hybridized carbons (Fsp3) is 0.278. The number of amides is 1. The maximum Gasteiger partial charge on any atom is 0.257 e. The smallest absolute Gasteiger partial charge is 0.257 e. The zero-order chi connectivity index (χ0) is 18.1. The number of thiazole rings is 1. The molecule has 0 fully saturated rings. The minimum absolute atomic E-state index is 0.173. The van der Waals surface area contributed by atoms with Crippen molar-refractivity contribution >= 4 is 17.2 Å². The zero-order valence-electron chi connectivity index (χ0n) is 14.5. The van der Waals surface area contributed by atoms with Crippen LogP contribution in [-0.2, 0) is 0 Å². The molecule has 5 nitrogen and oxygen atoms in total. The SMILES string of the molecule is Cc1nc([C@H](C)N(C)C(=O)c2cn[nH]c2-c2cccc(F)c2)c(C)s1. The van der Waals surface area contributed by atoms with Crippen LogP contribution in [0.15, 0.2) is 30.5 Å². The lowest BCUT2D eigenvalue weighted by Crippen LogP contribution is -2.30. The van der Waals surface area contributed by atoms with Gasteiger partial charge >= 0.3 is 0 Å². The van der Waals surface area contributed by atoms with Gasteiger partial charge in [0.2, 0.25) is 0 Å². The molecule has 0 aliphatic heterocycles. The third kappa shape index (κ3) is 3.32. The molecule has 3 aromatic rings. The quantitative estimate of drug-likeness (QED) is 0.763. The molecule has 1 amide bonds. The molecule has 2 heterocycles. The van der Waals surface area contributed by atoms with Crippen molar-refractivity contribution in [2.45, 2.75) is 26.8 Å².